The first kappa shape index (κ1) is 7.16. The molecule has 0 saturated heterocycles. The normalized spacial score (nSPS) is 54.5. The molecule has 2 aliphatic carbocycles. The van der Waals surface area contributed by atoms with Crippen molar-refractivity contribution in [2.45, 2.75) is 26.7 Å². The Balaban J connectivity index is 2.21. The molecule has 0 spiro atoms. The largest absolute Gasteiger partial charge is 0.198 e. The van der Waals surface area contributed by atoms with Crippen LogP contribution in [0, 0.1) is 40.9 Å². The fourth-order valence-electron chi connectivity index (χ4n) is 3.16. The molecule has 0 aromatic heterocycles. The highest BCUT2D eigenvalue weighted by atomic mass is 14.5. The molecule has 0 heterocycles. The molecule has 5 atom stereocenters. The van der Waals surface area contributed by atoms with Crippen molar-refractivity contribution in [3.05, 3.63) is 0 Å². The zero-order valence-corrected chi connectivity index (χ0v) is 7.25. The lowest BCUT2D eigenvalue weighted by Crippen LogP contribution is -2.23. The smallest absolute Gasteiger partial charge is 0.0661 e. The van der Waals surface area contributed by atoms with Crippen LogP contribution < -0.4 is 0 Å². The van der Waals surface area contributed by atoms with Gasteiger partial charge in [-0.15, -0.1) is 0 Å². The fourth-order valence-corrected chi connectivity index (χ4v) is 3.16. The Labute approximate surface area is 68.4 Å². The summed E-state index contributed by atoms with van der Waals surface area (Å²) in [5.74, 6) is 3.49. The molecule has 60 valence electrons. The van der Waals surface area contributed by atoms with Gasteiger partial charge in [0.2, 0.25) is 0 Å². The van der Waals surface area contributed by atoms with Crippen molar-refractivity contribution in [1.29, 1.82) is 5.26 Å². The van der Waals surface area contributed by atoms with Crippen LogP contribution >= 0.6 is 0 Å². The number of rotatable bonds is 0. The molecule has 0 unspecified atom stereocenters. The van der Waals surface area contributed by atoms with Gasteiger partial charge in [-0.2, -0.15) is 5.26 Å². The number of hydrogen-bond acceptors (Lipinski definition) is 1. The average Bonchev–Trinajstić information content (AvgIpc) is 2.45. The minimum Gasteiger partial charge on any atom is -0.198 e. The SMILES string of the molecule is C[C@@H]1[C@H]2C[C@@H]([C@H]1C#N)[C@@H](C)C2. The molecule has 0 aromatic carbocycles. The Kier molecular flexibility index (Phi) is 1.45. The van der Waals surface area contributed by atoms with Crippen LogP contribution in [0.4, 0.5) is 0 Å². The van der Waals surface area contributed by atoms with Gasteiger partial charge in [0.25, 0.3) is 0 Å². The van der Waals surface area contributed by atoms with Gasteiger partial charge >= 0.3 is 0 Å². The highest BCUT2D eigenvalue weighted by Crippen LogP contribution is 2.54. The molecular formula is C10H15N. The van der Waals surface area contributed by atoms with Gasteiger partial charge < -0.3 is 0 Å². The maximum absolute atomic E-state index is 8.93. The molecule has 2 fully saturated rings. The second-order valence-corrected chi connectivity index (χ2v) is 4.39. The minimum atomic E-state index is 0.378. The monoisotopic (exact) mass is 149 g/mol. The third-order valence-electron chi connectivity index (χ3n) is 3.90. The van der Waals surface area contributed by atoms with Crippen molar-refractivity contribution in [3.8, 4) is 6.07 Å². The quantitative estimate of drug-likeness (QED) is 0.519. The Morgan fingerprint density at radius 1 is 1.27 bits per heavy atom. The lowest BCUT2D eigenvalue weighted by molar-refractivity contribution is 0.231. The number of nitriles is 1. The number of fused-ring (bicyclic) bond motifs is 2. The summed E-state index contributed by atoms with van der Waals surface area (Å²) in [6, 6.07) is 2.48. The molecule has 11 heavy (non-hydrogen) atoms. The van der Waals surface area contributed by atoms with Crippen LogP contribution in [-0.4, -0.2) is 0 Å². The van der Waals surface area contributed by atoms with E-state index in [4.69, 9.17) is 5.26 Å². The van der Waals surface area contributed by atoms with Crippen molar-refractivity contribution in [2.24, 2.45) is 29.6 Å². The van der Waals surface area contributed by atoms with E-state index >= 15 is 0 Å². The zero-order chi connectivity index (χ0) is 8.01. The Morgan fingerprint density at radius 2 is 2.00 bits per heavy atom. The van der Waals surface area contributed by atoms with Crippen molar-refractivity contribution in [2.75, 3.05) is 0 Å². The third-order valence-corrected chi connectivity index (χ3v) is 3.90. The fraction of sp³-hybridized carbons (Fsp3) is 0.900. The summed E-state index contributed by atoms with van der Waals surface area (Å²) in [6.07, 6.45) is 2.71. The summed E-state index contributed by atoms with van der Waals surface area (Å²) in [7, 11) is 0. The predicted molar refractivity (Wildman–Crippen MR) is 43.6 cm³/mol. The van der Waals surface area contributed by atoms with E-state index in [1.54, 1.807) is 0 Å². The summed E-state index contributed by atoms with van der Waals surface area (Å²) >= 11 is 0. The van der Waals surface area contributed by atoms with E-state index in [0.717, 1.165) is 17.8 Å². The second kappa shape index (κ2) is 2.24. The highest BCUT2D eigenvalue weighted by Gasteiger charge is 2.48. The summed E-state index contributed by atoms with van der Waals surface area (Å²) < 4.78 is 0. The van der Waals surface area contributed by atoms with Gasteiger partial charge in [-0.05, 0) is 36.5 Å². The Bertz CT molecular complexity index is 203. The van der Waals surface area contributed by atoms with E-state index in [1.165, 1.54) is 12.8 Å². The summed E-state index contributed by atoms with van der Waals surface area (Å²) in [6.45, 7) is 4.56. The standard InChI is InChI=1S/C10H15N/c1-6-3-8-4-9(6)10(5-11)7(8)2/h6-10H,3-4H2,1-2H3/t6-,7+,8+,9+,10-/m0/s1. The molecule has 0 N–H and O–H groups in total. The molecular weight excluding hydrogens is 134 g/mol. The van der Waals surface area contributed by atoms with Crippen LogP contribution in [0.25, 0.3) is 0 Å². The van der Waals surface area contributed by atoms with Gasteiger partial charge in [0.05, 0.1) is 12.0 Å². The van der Waals surface area contributed by atoms with E-state index in [9.17, 15) is 0 Å². The van der Waals surface area contributed by atoms with E-state index < -0.39 is 0 Å². The first-order valence-electron chi connectivity index (χ1n) is 4.63. The van der Waals surface area contributed by atoms with Crippen molar-refractivity contribution < 1.29 is 0 Å². The Hall–Kier alpha value is -0.510. The van der Waals surface area contributed by atoms with Gasteiger partial charge in [-0.1, -0.05) is 13.8 Å². The molecule has 0 aliphatic heterocycles. The highest BCUT2D eigenvalue weighted by molar-refractivity contribution is 5.05. The summed E-state index contributed by atoms with van der Waals surface area (Å²) in [5, 5.41) is 8.93. The molecule has 2 bridgehead atoms. The van der Waals surface area contributed by atoms with Crippen LogP contribution in [0.5, 0.6) is 0 Å². The van der Waals surface area contributed by atoms with E-state index in [0.29, 0.717) is 11.8 Å². The zero-order valence-electron chi connectivity index (χ0n) is 7.25. The van der Waals surface area contributed by atoms with Crippen LogP contribution in [0.2, 0.25) is 0 Å². The van der Waals surface area contributed by atoms with Crippen molar-refractivity contribution in [3.63, 3.8) is 0 Å². The molecule has 1 nitrogen and oxygen atoms in total. The third kappa shape index (κ3) is 0.819. The van der Waals surface area contributed by atoms with Gasteiger partial charge in [0, 0.05) is 0 Å². The van der Waals surface area contributed by atoms with Crippen LogP contribution in [0.3, 0.4) is 0 Å². The minimum absolute atomic E-state index is 0.378. The van der Waals surface area contributed by atoms with Gasteiger partial charge in [-0.25, -0.2) is 0 Å². The van der Waals surface area contributed by atoms with E-state index in [1.807, 2.05) is 0 Å². The van der Waals surface area contributed by atoms with E-state index in [2.05, 4.69) is 19.9 Å². The van der Waals surface area contributed by atoms with Crippen molar-refractivity contribution >= 4 is 0 Å². The summed E-state index contributed by atoms with van der Waals surface area (Å²) in [4.78, 5) is 0. The average molecular weight is 149 g/mol. The summed E-state index contributed by atoms with van der Waals surface area (Å²) in [5.41, 5.74) is 0. The maximum atomic E-state index is 8.93. The molecule has 0 aromatic rings. The topological polar surface area (TPSA) is 23.8 Å². The number of hydrogen-bond donors (Lipinski definition) is 0. The maximum Gasteiger partial charge on any atom is 0.0661 e. The molecule has 2 aliphatic rings. The Morgan fingerprint density at radius 3 is 2.45 bits per heavy atom. The first-order chi connectivity index (χ1) is 5.24. The van der Waals surface area contributed by atoms with E-state index in [-0.39, 0.29) is 0 Å². The first-order valence-corrected chi connectivity index (χ1v) is 4.63. The van der Waals surface area contributed by atoms with Crippen molar-refractivity contribution in [1.82, 2.24) is 0 Å². The van der Waals surface area contributed by atoms with Crippen LogP contribution in [-0.2, 0) is 0 Å². The molecule has 2 saturated carbocycles. The second-order valence-electron chi connectivity index (χ2n) is 4.39. The lowest BCUT2D eigenvalue weighted by Gasteiger charge is -2.27. The van der Waals surface area contributed by atoms with Gasteiger partial charge in [0.15, 0.2) is 0 Å². The van der Waals surface area contributed by atoms with Crippen LogP contribution in [0.1, 0.15) is 26.7 Å². The number of nitrogens with zero attached hydrogens (tertiary/aromatic N) is 1. The predicted octanol–water partition coefficient (Wildman–Crippen LogP) is 2.44. The molecule has 1 heteroatoms. The van der Waals surface area contributed by atoms with Gasteiger partial charge in [-0.3, -0.25) is 0 Å². The molecule has 2 rings (SSSR count). The van der Waals surface area contributed by atoms with Crippen LogP contribution in [0.15, 0.2) is 0 Å². The molecule has 0 radical (unpaired) electrons. The molecule has 0 amide bonds. The van der Waals surface area contributed by atoms with Gasteiger partial charge in [0.1, 0.15) is 0 Å². The lowest BCUT2D eigenvalue weighted by atomic mass is 9.76.